The van der Waals surface area contributed by atoms with Crippen molar-refractivity contribution < 1.29 is 18.8 Å². The van der Waals surface area contributed by atoms with E-state index in [-0.39, 0.29) is 18.4 Å². The normalized spacial score (nSPS) is 11.4. The molecule has 0 bridgehead atoms. The summed E-state index contributed by atoms with van der Waals surface area (Å²) >= 11 is 0. The van der Waals surface area contributed by atoms with Crippen molar-refractivity contribution in [2.75, 3.05) is 7.11 Å². The molecule has 6 heteroatoms. The molecule has 0 saturated carbocycles. The second-order valence-corrected chi connectivity index (χ2v) is 7.85. The fourth-order valence-electron chi connectivity index (χ4n) is 3.82. The molecule has 0 aliphatic heterocycles. The Labute approximate surface area is 198 Å². The number of carbonyl (C=O) groups excluding carboxylic acids is 1. The fourth-order valence-corrected chi connectivity index (χ4v) is 3.82. The molecule has 0 aliphatic carbocycles. The lowest BCUT2D eigenvalue weighted by Crippen LogP contribution is -2.03. The Bertz CT molecular complexity index is 1310. The Morgan fingerprint density at radius 3 is 2.29 bits per heavy atom. The molecule has 0 amide bonds. The maximum atomic E-state index is 13.5. The molecule has 34 heavy (non-hydrogen) atoms. The maximum absolute atomic E-state index is 13.5. The summed E-state index contributed by atoms with van der Waals surface area (Å²) in [5, 5.41) is 4.33. The Balaban J connectivity index is 1.61. The van der Waals surface area contributed by atoms with Gasteiger partial charge in [0.2, 0.25) is 0 Å². The molecular formula is C28H25FN2O3. The monoisotopic (exact) mass is 456 g/mol. The lowest BCUT2D eigenvalue weighted by molar-refractivity contribution is 0.0600. The number of halogens is 1. The molecular weight excluding hydrogens is 431 g/mol. The van der Waals surface area contributed by atoms with Crippen LogP contribution in [0.5, 0.6) is 0 Å². The number of ether oxygens (including phenoxy) is 1. The molecule has 5 nitrogen and oxygen atoms in total. The first-order valence-electron chi connectivity index (χ1n) is 10.9. The van der Waals surface area contributed by atoms with Gasteiger partial charge in [0.1, 0.15) is 12.4 Å². The van der Waals surface area contributed by atoms with E-state index in [4.69, 9.17) is 9.57 Å². The lowest BCUT2D eigenvalue weighted by atomic mass is 10.1. The molecule has 0 unspecified atom stereocenters. The summed E-state index contributed by atoms with van der Waals surface area (Å²) < 4.78 is 20.4. The average molecular weight is 457 g/mol. The quantitative estimate of drug-likeness (QED) is 0.186. The molecule has 4 rings (SSSR count). The van der Waals surface area contributed by atoms with E-state index in [0.29, 0.717) is 5.56 Å². The van der Waals surface area contributed by atoms with E-state index in [1.807, 2.05) is 50.2 Å². The van der Waals surface area contributed by atoms with E-state index in [9.17, 15) is 9.18 Å². The second kappa shape index (κ2) is 10.2. The zero-order valence-corrected chi connectivity index (χ0v) is 19.3. The fraction of sp³-hybridized carbons (Fsp3) is 0.143. The summed E-state index contributed by atoms with van der Waals surface area (Å²) in [4.78, 5) is 17.2. The number of nitrogens with zero attached hydrogens (tertiary/aromatic N) is 2. The van der Waals surface area contributed by atoms with Gasteiger partial charge in [-0.2, -0.15) is 0 Å². The van der Waals surface area contributed by atoms with Crippen molar-refractivity contribution in [3.63, 3.8) is 0 Å². The van der Waals surface area contributed by atoms with Crippen molar-refractivity contribution in [1.29, 1.82) is 0 Å². The molecule has 0 atom stereocenters. The third kappa shape index (κ3) is 4.91. The minimum absolute atomic E-state index is 0.266. The highest BCUT2D eigenvalue weighted by atomic mass is 19.1. The topological polar surface area (TPSA) is 52.8 Å². The molecule has 0 spiro atoms. The summed E-state index contributed by atoms with van der Waals surface area (Å²) in [5.74, 6) is -0.652. The zero-order chi connectivity index (χ0) is 24.1. The predicted octanol–water partition coefficient (Wildman–Crippen LogP) is 6.32. The third-order valence-corrected chi connectivity index (χ3v) is 5.60. The minimum Gasteiger partial charge on any atom is -0.465 e. The second-order valence-electron chi connectivity index (χ2n) is 7.85. The van der Waals surface area contributed by atoms with Crippen molar-refractivity contribution in [3.8, 4) is 16.9 Å². The van der Waals surface area contributed by atoms with Crippen molar-refractivity contribution in [2.24, 2.45) is 5.16 Å². The van der Waals surface area contributed by atoms with E-state index >= 15 is 0 Å². The van der Waals surface area contributed by atoms with Gasteiger partial charge in [-0.3, -0.25) is 0 Å². The van der Waals surface area contributed by atoms with Gasteiger partial charge >= 0.3 is 5.97 Å². The van der Waals surface area contributed by atoms with Crippen molar-refractivity contribution in [3.05, 3.63) is 113 Å². The summed E-state index contributed by atoms with van der Waals surface area (Å²) in [6.45, 7) is 4.19. The smallest absolute Gasteiger partial charge is 0.337 e. The number of benzene rings is 3. The van der Waals surface area contributed by atoms with Crippen LogP contribution in [0, 0.1) is 12.7 Å². The van der Waals surface area contributed by atoms with Crippen LogP contribution in [0.15, 0.2) is 90.1 Å². The van der Waals surface area contributed by atoms with Gasteiger partial charge in [-0.1, -0.05) is 35.5 Å². The molecule has 0 radical (unpaired) electrons. The Hall–Kier alpha value is -4.19. The summed E-state index contributed by atoms with van der Waals surface area (Å²) in [6, 6.07) is 25.5. The molecule has 1 aromatic heterocycles. The SMILES string of the molecule is COC(=O)c1ccc(CO/N=C(/C)c2cc(-c3ccc(F)cc3)n(-c3ccccc3)c2C)cc1. The van der Waals surface area contributed by atoms with Crippen LogP contribution in [0.4, 0.5) is 4.39 Å². The molecule has 1 heterocycles. The number of carbonyl (C=O) groups is 1. The van der Waals surface area contributed by atoms with Gasteiger partial charge in [0.05, 0.1) is 24.1 Å². The molecule has 0 N–H and O–H groups in total. The third-order valence-electron chi connectivity index (χ3n) is 5.60. The molecule has 0 aliphatic rings. The number of methoxy groups -OCH3 is 1. The standard InChI is InChI=1S/C28H25FN2O3/c1-19(30-34-18-21-9-11-23(12-10-21)28(32)33-3)26-17-27(22-13-15-24(29)16-14-22)31(20(26)2)25-7-5-4-6-8-25/h4-17H,18H2,1-3H3/b30-19-. The van der Waals surface area contributed by atoms with Gasteiger partial charge in [-0.25, -0.2) is 9.18 Å². The van der Waals surface area contributed by atoms with Gasteiger partial charge in [0.25, 0.3) is 0 Å². The molecule has 3 aromatic carbocycles. The van der Waals surface area contributed by atoms with E-state index < -0.39 is 0 Å². The Morgan fingerprint density at radius 2 is 1.65 bits per heavy atom. The minimum atomic E-state index is -0.378. The van der Waals surface area contributed by atoms with Gasteiger partial charge in [-0.05, 0) is 79.6 Å². The first-order valence-corrected chi connectivity index (χ1v) is 10.9. The molecule has 0 fully saturated rings. The number of esters is 1. The van der Waals surface area contributed by atoms with Gasteiger partial charge in [0, 0.05) is 16.9 Å². The first-order chi connectivity index (χ1) is 16.5. The van der Waals surface area contributed by atoms with Gasteiger partial charge in [0.15, 0.2) is 0 Å². The lowest BCUT2D eigenvalue weighted by Gasteiger charge is -2.12. The largest absolute Gasteiger partial charge is 0.465 e. The highest BCUT2D eigenvalue weighted by Crippen LogP contribution is 2.30. The van der Waals surface area contributed by atoms with Crippen molar-refractivity contribution in [2.45, 2.75) is 20.5 Å². The van der Waals surface area contributed by atoms with Crippen LogP contribution in [-0.4, -0.2) is 23.4 Å². The number of rotatable bonds is 7. The van der Waals surface area contributed by atoms with Crippen LogP contribution in [0.2, 0.25) is 0 Å². The number of oxime groups is 1. The zero-order valence-electron chi connectivity index (χ0n) is 19.3. The number of hydrogen-bond donors (Lipinski definition) is 0. The van der Waals surface area contributed by atoms with E-state index in [1.54, 1.807) is 36.4 Å². The molecule has 0 saturated heterocycles. The summed E-state index contributed by atoms with van der Waals surface area (Å²) in [6.07, 6.45) is 0. The van der Waals surface area contributed by atoms with Crippen LogP contribution >= 0.6 is 0 Å². The van der Waals surface area contributed by atoms with Crippen LogP contribution in [0.1, 0.15) is 34.1 Å². The molecule has 172 valence electrons. The van der Waals surface area contributed by atoms with Crippen LogP contribution in [0.3, 0.4) is 0 Å². The first kappa shape index (κ1) is 23.0. The van der Waals surface area contributed by atoms with E-state index in [1.165, 1.54) is 19.2 Å². The Kier molecular flexibility index (Phi) is 6.87. The highest BCUT2D eigenvalue weighted by molar-refractivity contribution is 6.01. The number of hydrogen-bond acceptors (Lipinski definition) is 4. The Morgan fingerprint density at radius 1 is 0.971 bits per heavy atom. The molecule has 4 aromatic rings. The van der Waals surface area contributed by atoms with E-state index in [2.05, 4.69) is 9.72 Å². The average Bonchev–Trinajstić information content (AvgIpc) is 3.22. The highest BCUT2D eigenvalue weighted by Gasteiger charge is 2.17. The van der Waals surface area contributed by atoms with Gasteiger partial charge < -0.3 is 14.1 Å². The summed E-state index contributed by atoms with van der Waals surface area (Å²) in [7, 11) is 1.35. The van der Waals surface area contributed by atoms with E-state index in [0.717, 1.165) is 39.5 Å². The number of aromatic nitrogens is 1. The predicted molar refractivity (Wildman–Crippen MR) is 131 cm³/mol. The summed E-state index contributed by atoms with van der Waals surface area (Å²) in [5.41, 5.74) is 6.87. The van der Waals surface area contributed by atoms with Crippen LogP contribution in [0.25, 0.3) is 16.9 Å². The van der Waals surface area contributed by atoms with Gasteiger partial charge in [-0.15, -0.1) is 0 Å². The van der Waals surface area contributed by atoms with Crippen molar-refractivity contribution >= 4 is 11.7 Å². The number of para-hydroxylation sites is 1. The van der Waals surface area contributed by atoms with Crippen LogP contribution < -0.4 is 0 Å². The van der Waals surface area contributed by atoms with Crippen molar-refractivity contribution in [1.82, 2.24) is 4.57 Å². The van der Waals surface area contributed by atoms with Crippen LogP contribution in [-0.2, 0) is 16.2 Å². The maximum Gasteiger partial charge on any atom is 0.337 e.